The Morgan fingerprint density at radius 2 is 2.17 bits per heavy atom. The zero-order valence-electron chi connectivity index (χ0n) is 13.6. The minimum absolute atomic E-state index is 0.299. The first kappa shape index (κ1) is 16.3. The van der Waals surface area contributed by atoms with Crippen LogP contribution in [-0.4, -0.2) is 22.4 Å². The molecule has 3 rings (SSSR count). The number of aryl methyl sites for hydroxylation is 1. The molecule has 0 amide bonds. The van der Waals surface area contributed by atoms with Crippen LogP contribution in [0.1, 0.15) is 31.4 Å². The topological polar surface area (TPSA) is 45.6 Å². The third-order valence-electron chi connectivity index (χ3n) is 4.32. The van der Waals surface area contributed by atoms with Crippen molar-refractivity contribution >= 4 is 21.6 Å². The molecule has 2 heterocycles. The summed E-state index contributed by atoms with van der Waals surface area (Å²) in [6.07, 6.45) is 3.09. The number of anilines is 1. The average molecular weight is 377 g/mol. The van der Waals surface area contributed by atoms with Gasteiger partial charge in [0, 0.05) is 29.1 Å². The van der Waals surface area contributed by atoms with E-state index in [1.807, 2.05) is 36.1 Å². The standard InChI is InChI=1S/C18H21BrN2O2/c1-11-5-4-10-20-18(11)23-17-14-7-6-12(2)21(13(3)22)16(14)9-8-15(17)19/h4-5,8-10,12-13,22H,6-7H2,1-3H3/t12-,13?/m0/s1. The summed E-state index contributed by atoms with van der Waals surface area (Å²) >= 11 is 3.60. The summed E-state index contributed by atoms with van der Waals surface area (Å²) in [6, 6.07) is 8.19. The van der Waals surface area contributed by atoms with Crippen LogP contribution in [0.5, 0.6) is 11.6 Å². The van der Waals surface area contributed by atoms with Crippen LogP contribution in [0.3, 0.4) is 0 Å². The van der Waals surface area contributed by atoms with Gasteiger partial charge in [0.25, 0.3) is 0 Å². The maximum atomic E-state index is 10.1. The van der Waals surface area contributed by atoms with E-state index in [-0.39, 0.29) is 0 Å². The Balaban J connectivity index is 2.07. The van der Waals surface area contributed by atoms with Gasteiger partial charge in [0.1, 0.15) is 12.0 Å². The van der Waals surface area contributed by atoms with Crippen molar-refractivity contribution in [1.29, 1.82) is 0 Å². The quantitative estimate of drug-likeness (QED) is 0.860. The lowest BCUT2D eigenvalue weighted by atomic mass is 9.95. The van der Waals surface area contributed by atoms with E-state index >= 15 is 0 Å². The van der Waals surface area contributed by atoms with Gasteiger partial charge in [0.05, 0.1) is 4.47 Å². The fraction of sp³-hybridized carbons (Fsp3) is 0.389. The van der Waals surface area contributed by atoms with Crippen molar-refractivity contribution in [2.45, 2.75) is 45.9 Å². The molecule has 0 saturated heterocycles. The molecule has 0 fully saturated rings. The van der Waals surface area contributed by atoms with Crippen molar-refractivity contribution in [2.75, 3.05) is 4.90 Å². The summed E-state index contributed by atoms with van der Waals surface area (Å²) in [7, 11) is 0. The predicted octanol–water partition coefficient (Wildman–Crippen LogP) is 4.42. The van der Waals surface area contributed by atoms with Gasteiger partial charge in [-0.05, 0) is 67.7 Å². The maximum Gasteiger partial charge on any atom is 0.222 e. The van der Waals surface area contributed by atoms with Crippen molar-refractivity contribution in [3.8, 4) is 11.6 Å². The smallest absolute Gasteiger partial charge is 0.222 e. The number of rotatable bonds is 3. The number of benzene rings is 1. The highest BCUT2D eigenvalue weighted by Crippen LogP contribution is 2.43. The first-order valence-corrected chi connectivity index (χ1v) is 8.65. The number of nitrogens with zero attached hydrogens (tertiary/aromatic N) is 2. The summed E-state index contributed by atoms with van der Waals surface area (Å²) in [5.74, 6) is 1.41. The first-order chi connectivity index (χ1) is 11.0. The number of pyridine rings is 1. The minimum Gasteiger partial charge on any atom is -0.437 e. The second kappa shape index (κ2) is 6.49. The van der Waals surface area contributed by atoms with Crippen LogP contribution in [0.4, 0.5) is 5.69 Å². The van der Waals surface area contributed by atoms with Crippen molar-refractivity contribution in [3.05, 3.63) is 46.1 Å². The Morgan fingerprint density at radius 1 is 1.39 bits per heavy atom. The molecular weight excluding hydrogens is 356 g/mol. The number of aromatic nitrogens is 1. The molecule has 0 spiro atoms. The van der Waals surface area contributed by atoms with Gasteiger partial charge in [-0.3, -0.25) is 0 Å². The molecule has 23 heavy (non-hydrogen) atoms. The largest absolute Gasteiger partial charge is 0.437 e. The molecule has 1 aliphatic rings. The van der Waals surface area contributed by atoms with Gasteiger partial charge in [-0.15, -0.1) is 0 Å². The van der Waals surface area contributed by atoms with E-state index in [1.54, 1.807) is 13.1 Å². The summed E-state index contributed by atoms with van der Waals surface area (Å²) in [5.41, 5.74) is 3.14. The predicted molar refractivity (Wildman–Crippen MR) is 95.1 cm³/mol. The lowest BCUT2D eigenvalue weighted by Gasteiger charge is -2.39. The molecule has 122 valence electrons. The Kier molecular flexibility index (Phi) is 4.60. The van der Waals surface area contributed by atoms with Crippen LogP contribution in [0.2, 0.25) is 0 Å². The molecule has 2 atom stereocenters. The van der Waals surface area contributed by atoms with Gasteiger partial charge in [-0.1, -0.05) is 6.07 Å². The fourth-order valence-electron chi connectivity index (χ4n) is 3.16. The normalized spacial score (nSPS) is 18.5. The monoisotopic (exact) mass is 376 g/mol. The molecule has 4 nitrogen and oxygen atoms in total. The molecule has 0 aliphatic carbocycles. The highest BCUT2D eigenvalue weighted by molar-refractivity contribution is 9.10. The molecule has 0 saturated carbocycles. The number of aliphatic hydroxyl groups is 1. The van der Waals surface area contributed by atoms with Crippen molar-refractivity contribution in [3.63, 3.8) is 0 Å². The van der Waals surface area contributed by atoms with Crippen molar-refractivity contribution in [2.24, 2.45) is 0 Å². The number of hydrogen-bond acceptors (Lipinski definition) is 4. The summed E-state index contributed by atoms with van der Waals surface area (Å²) in [6.45, 7) is 5.92. The van der Waals surface area contributed by atoms with Crippen molar-refractivity contribution in [1.82, 2.24) is 4.98 Å². The zero-order valence-corrected chi connectivity index (χ0v) is 15.2. The second-order valence-corrected chi connectivity index (χ2v) is 6.88. The van der Waals surface area contributed by atoms with E-state index in [9.17, 15) is 5.11 Å². The SMILES string of the molecule is Cc1cccnc1Oc1c(Br)ccc2c1CC[C@H](C)N2C(C)O. The lowest BCUT2D eigenvalue weighted by molar-refractivity contribution is 0.174. The van der Waals surface area contributed by atoms with E-state index in [0.717, 1.165) is 39.9 Å². The molecule has 1 aromatic carbocycles. The van der Waals surface area contributed by atoms with E-state index in [4.69, 9.17) is 4.74 Å². The minimum atomic E-state index is -0.533. The van der Waals surface area contributed by atoms with Crippen LogP contribution < -0.4 is 9.64 Å². The summed E-state index contributed by atoms with van der Waals surface area (Å²) in [5, 5.41) is 10.1. The highest BCUT2D eigenvalue weighted by atomic mass is 79.9. The zero-order chi connectivity index (χ0) is 16.6. The molecule has 2 aromatic rings. The molecule has 1 N–H and O–H groups in total. The Bertz CT molecular complexity index is 718. The maximum absolute atomic E-state index is 10.1. The Hall–Kier alpha value is -1.59. The average Bonchev–Trinajstić information content (AvgIpc) is 2.51. The van der Waals surface area contributed by atoms with Gasteiger partial charge in [0.2, 0.25) is 5.88 Å². The molecule has 5 heteroatoms. The Labute approximate surface area is 145 Å². The summed E-state index contributed by atoms with van der Waals surface area (Å²) in [4.78, 5) is 6.37. The van der Waals surface area contributed by atoms with Gasteiger partial charge >= 0.3 is 0 Å². The van der Waals surface area contributed by atoms with E-state index in [0.29, 0.717) is 11.9 Å². The van der Waals surface area contributed by atoms with Gasteiger partial charge < -0.3 is 14.7 Å². The Morgan fingerprint density at radius 3 is 2.87 bits per heavy atom. The third kappa shape index (κ3) is 3.08. The molecule has 1 unspecified atom stereocenters. The number of ether oxygens (including phenoxy) is 1. The fourth-order valence-corrected chi connectivity index (χ4v) is 3.61. The van der Waals surface area contributed by atoms with Crippen LogP contribution in [-0.2, 0) is 6.42 Å². The number of halogens is 1. The summed E-state index contributed by atoms with van der Waals surface area (Å²) < 4.78 is 7.04. The van der Waals surface area contributed by atoms with Gasteiger partial charge in [0.15, 0.2) is 0 Å². The van der Waals surface area contributed by atoms with Gasteiger partial charge in [-0.25, -0.2) is 4.98 Å². The number of fused-ring (bicyclic) bond motifs is 1. The number of aliphatic hydroxyl groups excluding tert-OH is 1. The van der Waals surface area contributed by atoms with Crippen LogP contribution in [0.25, 0.3) is 0 Å². The molecule has 0 bridgehead atoms. The van der Waals surface area contributed by atoms with E-state index < -0.39 is 6.23 Å². The molecule has 1 aromatic heterocycles. The number of hydrogen-bond donors (Lipinski definition) is 1. The third-order valence-corrected chi connectivity index (χ3v) is 4.94. The van der Waals surface area contributed by atoms with E-state index in [1.165, 1.54) is 0 Å². The molecular formula is C18H21BrN2O2. The van der Waals surface area contributed by atoms with E-state index in [2.05, 4.69) is 27.8 Å². The van der Waals surface area contributed by atoms with Crippen LogP contribution >= 0.6 is 15.9 Å². The first-order valence-electron chi connectivity index (χ1n) is 7.86. The lowest BCUT2D eigenvalue weighted by Crippen LogP contribution is -2.43. The highest BCUT2D eigenvalue weighted by Gasteiger charge is 2.29. The van der Waals surface area contributed by atoms with Gasteiger partial charge in [-0.2, -0.15) is 0 Å². The van der Waals surface area contributed by atoms with Crippen molar-refractivity contribution < 1.29 is 9.84 Å². The van der Waals surface area contributed by atoms with Crippen LogP contribution in [0, 0.1) is 6.92 Å². The molecule has 1 aliphatic heterocycles. The molecule has 0 radical (unpaired) electrons. The second-order valence-electron chi connectivity index (χ2n) is 6.03. The van der Waals surface area contributed by atoms with Crippen LogP contribution in [0.15, 0.2) is 34.9 Å².